The topological polar surface area (TPSA) is 111 Å². The zero-order valence-electron chi connectivity index (χ0n) is 17.9. The van der Waals surface area contributed by atoms with E-state index in [-0.39, 0.29) is 6.29 Å². The predicted molar refractivity (Wildman–Crippen MR) is 122 cm³/mol. The van der Waals surface area contributed by atoms with E-state index in [2.05, 4.69) is 26.0 Å². The number of nitrogens with zero attached hydrogens (tertiary/aromatic N) is 6. The molecule has 1 aromatic carbocycles. The summed E-state index contributed by atoms with van der Waals surface area (Å²) in [6.45, 7) is 1.99. The van der Waals surface area contributed by atoms with Gasteiger partial charge in [-0.3, -0.25) is 15.4 Å². The SMILES string of the molecule is COc1ncc(-c2ccc3ncc4c(c3c2)N(c2cn(C)nc2C)C(N)N4C)cc1N. The van der Waals surface area contributed by atoms with Gasteiger partial charge in [0.2, 0.25) is 5.88 Å². The Morgan fingerprint density at radius 1 is 1.03 bits per heavy atom. The van der Waals surface area contributed by atoms with Crippen molar-refractivity contribution in [1.82, 2.24) is 19.7 Å². The maximum absolute atomic E-state index is 6.62. The molecule has 0 saturated carbocycles. The largest absolute Gasteiger partial charge is 0.480 e. The zero-order valence-corrected chi connectivity index (χ0v) is 17.9. The lowest BCUT2D eigenvalue weighted by atomic mass is 10.0. The predicted octanol–water partition coefficient (Wildman–Crippen LogP) is 2.76. The fourth-order valence-electron chi connectivity index (χ4n) is 4.19. The molecule has 0 aliphatic carbocycles. The van der Waals surface area contributed by atoms with Crippen molar-refractivity contribution in [2.24, 2.45) is 12.8 Å². The molecule has 1 aliphatic heterocycles. The number of ether oxygens (including phenoxy) is 1. The van der Waals surface area contributed by atoms with Gasteiger partial charge in [-0.25, -0.2) is 4.98 Å². The number of nitrogen functional groups attached to an aromatic ring is 1. The first-order valence-electron chi connectivity index (χ1n) is 9.89. The summed E-state index contributed by atoms with van der Waals surface area (Å²) in [5, 5.41) is 5.50. The first-order valence-corrected chi connectivity index (χ1v) is 9.89. The number of aromatic nitrogens is 4. The van der Waals surface area contributed by atoms with Crippen LogP contribution in [0.1, 0.15) is 5.69 Å². The van der Waals surface area contributed by atoms with Crippen molar-refractivity contribution in [3.8, 4) is 17.0 Å². The molecule has 0 radical (unpaired) electrons. The van der Waals surface area contributed by atoms with Crippen molar-refractivity contribution in [3.05, 3.63) is 48.5 Å². The molecule has 9 heteroatoms. The summed E-state index contributed by atoms with van der Waals surface area (Å²) in [5.74, 6) is 0.415. The maximum atomic E-state index is 6.62. The van der Waals surface area contributed by atoms with Crippen LogP contribution in [-0.2, 0) is 7.05 Å². The van der Waals surface area contributed by atoms with Gasteiger partial charge in [-0.2, -0.15) is 5.10 Å². The highest BCUT2D eigenvalue weighted by molar-refractivity contribution is 6.04. The number of hydrogen-bond donors (Lipinski definition) is 2. The van der Waals surface area contributed by atoms with Gasteiger partial charge in [-0.1, -0.05) is 6.07 Å². The molecule has 158 valence electrons. The molecule has 3 aromatic heterocycles. The van der Waals surface area contributed by atoms with Crippen molar-refractivity contribution >= 4 is 33.7 Å². The van der Waals surface area contributed by atoms with Crippen LogP contribution in [0.15, 0.2) is 42.9 Å². The lowest BCUT2D eigenvalue weighted by Crippen LogP contribution is -2.46. The summed E-state index contributed by atoms with van der Waals surface area (Å²) in [6, 6.07) is 7.99. The molecule has 4 heterocycles. The number of methoxy groups -OCH3 is 1. The van der Waals surface area contributed by atoms with Gasteiger partial charge >= 0.3 is 0 Å². The monoisotopic (exact) mass is 416 g/mol. The smallest absolute Gasteiger partial charge is 0.236 e. The van der Waals surface area contributed by atoms with E-state index in [1.54, 1.807) is 18.0 Å². The van der Waals surface area contributed by atoms with Crippen LogP contribution >= 0.6 is 0 Å². The Morgan fingerprint density at radius 3 is 2.52 bits per heavy atom. The number of aryl methyl sites for hydroxylation is 2. The van der Waals surface area contributed by atoms with Gasteiger partial charge < -0.3 is 20.3 Å². The molecule has 0 amide bonds. The third-order valence-corrected chi connectivity index (χ3v) is 5.76. The van der Waals surface area contributed by atoms with Crippen LogP contribution in [0, 0.1) is 6.92 Å². The number of fused-ring (bicyclic) bond motifs is 3. The highest BCUT2D eigenvalue weighted by Gasteiger charge is 2.35. The first kappa shape index (κ1) is 19.1. The molecule has 0 fully saturated rings. The minimum Gasteiger partial charge on any atom is -0.480 e. The van der Waals surface area contributed by atoms with Crippen LogP contribution in [0.3, 0.4) is 0 Å². The van der Waals surface area contributed by atoms with Gasteiger partial charge in [0.05, 0.1) is 47.3 Å². The van der Waals surface area contributed by atoms with Crippen molar-refractivity contribution in [2.75, 3.05) is 29.7 Å². The van der Waals surface area contributed by atoms with Gasteiger partial charge in [-0.05, 0) is 30.7 Å². The van der Waals surface area contributed by atoms with E-state index in [9.17, 15) is 0 Å². The third-order valence-electron chi connectivity index (χ3n) is 5.76. The molecule has 9 nitrogen and oxygen atoms in total. The Labute approximate surface area is 179 Å². The molecule has 31 heavy (non-hydrogen) atoms. The molecular formula is C22H24N8O. The Balaban J connectivity index is 1.73. The highest BCUT2D eigenvalue weighted by atomic mass is 16.5. The third kappa shape index (κ3) is 2.85. The molecule has 0 bridgehead atoms. The number of benzene rings is 1. The molecule has 1 unspecified atom stereocenters. The van der Waals surface area contributed by atoms with E-state index in [1.807, 2.05) is 56.5 Å². The number of anilines is 4. The summed E-state index contributed by atoms with van der Waals surface area (Å²) in [7, 11) is 5.44. The summed E-state index contributed by atoms with van der Waals surface area (Å²) in [6.07, 6.45) is 5.25. The molecule has 1 aliphatic rings. The Kier molecular flexibility index (Phi) is 4.23. The highest BCUT2D eigenvalue weighted by Crippen LogP contribution is 2.47. The Hall–Kier alpha value is -3.85. The van der Waals surface area contributed by atoms with Crippen molar-refractivity contribution in [2.45, 2.75) is 13.2 Å². The van der Waals surface area contributed by atoms with Crippen molar-refractivity contribution in [3.63, 3.8) is 0 Å². The van der Waals surface area contributed by atoms with Crippen LogP contribution in [-0.4, -0.2) is 40.2 Å². The van der Waals surface area contributed by atoms with Gasteiger partial charge in [0.1, 0.15) is 0 Å². The van der Waals surface area contributed by atoms with Gasteiger partial charge in [0, 0.05) is 37.4 Å². The minimum atomic E-state index is -0.368. The molecule has 4 N–H and O–H groups in total. The van der Waals surface area contributed by atoms with E-state index in [0.717, 1.165) is 44.8 Å². The van der Waals surface area contributed by atoms with Gasteiger partial charge in [0.25, 0.3) is 0 Å². The molecular weight excluding hydrogens is 392 g/mol. The first-order chi connectivity index (χ1) is 14.9. The summed E-state index contributed by atoms with van der Waals surface area (Å²) in [4.78, 5) is 13.1. The van der Waals surface area contributed by atoms with Crippen LogP contribution in [0.4, 0.5) is 22.7 Å². The van der Waals surface area contributed by atoms with Crippen LogP contribution in [0.25, 0.3) is 22.0 Å². The van der Waals surface area contributed by atoms with Gasteiger partial charge in [-0.15, -0.1) is 0 Å². The van der Waals surface area contributed by atoms with E-state index in [0.29, 0.717) is 11.6 Å². The molecule has 1 atom stereocenters. The standard InChI is InChI=1S/C22H24N8O/c1-12-19(11-28(2)27-12)30-20-15-7-13(14-8-16(23)21(31-4)26-9-14)5-6-17(15)25-10-18(20)29(3)22(30)24/h5-11,22H,23-24H2,1-4H3. The minimum absolute atomic E-state index is 0.368. The van der Waals surface area contributed by atoms with Crippen LogP contribution in [0.2, 0.25) is 0 Å². The summed E-state index contributed by atoms with van der Waals surface area (Å²) < 4.78 is 6.99. The van der Waals surface area contributed by atoms with E-state index in [4.69, 9.17) is 16.2 Å². The normalized spacial score (nSPS) is 15.6. The second kappa shape index (κ2) is 6.85. The molecule has 0 saturated heterocycles. The summed E-state index contributed by atoms with van der Waals surface area (Å²) >= 11 is 0. The van der Waals surface area contributed by atoms with E-state index < -0.39 is 0 Å². The lowest BCUT2D eigenvalue weighted by Gasteiger charge is -2.26. The van der Waals surface area contributed by atoms with Crippen LogP contribution < -0.4 is 26.0 Å². The Morgan fingerprint density at radius 2 is 1.84 bits per heavy atom. The summed E-state index contributed by atoms with van der Waals surface area (Å²) in [5.41, 5.74) is 19.8. The second-order valence-corrected chi connectivity index (χ2v) is 7.71. The van der Waals surface area contributed by atoms with Crippen molar-refractivity contribution in [1.29, 1.82) is 0 Å². The molecule has 4 aromatic rings. The van der Waals surface area contributed by atoms with Gasteiger partial charge in [0.15, 0.2) is 6.29 Å². The quantitative estimate of drug-likeness (QED) is 0.524. The molecule has 0 spiro atoms. The number of hydrogen-bond acceptors (Lipinski definition) is 8. The fourth-order valence-corrected chi connectivity index (χ4v) is 4.19. The number of nitrogens with two attached hydrogens (primary N) is 2. The van der Waals surface area contributed by atoms with E-state index in [1.165, 1.54) is 0 Å². The zero-order chi connectivity index (χ0) is 21.9. The van der Waals surface area contributed by atoms with E-state index >= 15 is 0 Å². The molecule has 5 rings (SSSR count). The van der Waals surface area contributed by atoms with Crippen LogP contribution in [0.5, 0.6) is 5.88 Å². The lowest BCUT2D eigenvalue weighted by molar-refractivity contribution is 0.400. The second-order valence-electron chi connectivity index (χ2n) is 7.71. The maximum Gasteiger partial charge on any atom is 0.236 e. The Bertz CT molecular complexity index is 1310. The number of rotatable bonds is 3. The fraction of sp³-hybridized carbons (Fsp3) is 0.227. The average Bonchev–Trinajstić information content (AvgIpc) is 3.22. The average molecular weight is 416 g/mol. The van der Waals surface area contributed by atoms with Crippen molar-refractivity contribution < 1.29 is 4.74 Å². The number of pyridine rings is 2.